The highest BCUT2D eigenvalue weighted by molar-refractivity contribution is 5.99. The Bertz CT molecular complexity index is 1560. The first-order chi connectivity index (χ1) is 19.9. The predicted octanol–water partition coefficient (Wildman–Crippen LogP) is 7.03. The summed E-state index contributed by atoms with van der Waals surface area (Å²) in [6.07, 6.45) is -9.05. The Morgan fingerprint density at radius 3 is 2.26 bits per heavy atom. The summed E-state index contributed by atoms with van der Waals surface area (Å²) < 4.78 is 87.6. The Morgan fingerprint density at radius 2 is 1.55 bits per heavy atom. The molecule has 4 aromatic rings. The van der Waals surface area contributed by atoms with Gasteiger partial charge in [-0.2, -0.15) is 26.3 Å². The molecule has 11 heteroatoms. The van der Waals surface area contributed by atoms with Crippen molar-refractivity contribution in [2.24, 2.45) is 0 Å². The van der Waals surface area contributed by atoms with Gasteiger partial charge in [0.15, 0.2) is 0 Å². The number of pyridine rings is 1. The molecule has 0 bridgehead atoms. The SMILES string of the molecule is Cc1cc(-c2c(N)cc(OCCN3CCN(Cc4cccc(C(F)(F)F)c4)CC3)cc2C(F)(F)F)c2ccccc2n1. The van der Waals surface area contributed by atoms with Crippen molar-refractivity contribution in [3.05, 3.63) is 89.1 Å². The van der Waals surface area contributed by atoms with Crippen LogP contribution in [-0.4, -0.2) is 54.1 Å². The molecule has 0 radical (unpaired) electrons. The molecule has 42 heavy (non-hydrogen) atoms. The zero-order chi connectivity index (χ0) is 30.1. The van der Waals surface area contributed by atoms with Gasteiger partial charge in [-0.15, -0.1) is 0 Å². The van der Waals surface area contributed by atoms with Crippen molar-refractivity contribution in [3.8, 4) is 16.9 Å². The lowest BCUT2D eigenvalue weighted by atomic mass is 9.93. The minimum atomic E-state index is -4.67. The highest BCUT2D eigenvalue weighted by atomic mass is 19.4. The molecule has 0 spiro atoms. The molecule has 1 fully saturated rings. The molecular formula is C31H30F6N4O. The van der Waals surface area contributed by atoms with Crippen LogP contribution in [-0.2, 0) is 18.9 Å². The Labute approximate surface area is 239 Å². The minimum absolute atomic E-state index is 0.0295. The monoisotopic (exact) mass is 588 g/mol. The molecule has 2 N–H and O–H groups in total. The van der Waals surface area contributed by atoms with Gasteiger partial charge in [0.05, 0.1) is 16.6 Å². The van der Waals surface area contributed by atoms with Gasteiger partial charge in [-0.3, -0.25) is 14.8 Å². The third-order valence-corrected chi connectivity index (χ3v) is 7.36. The number of para-hydroxylation sites is 1. The molecule has 0 atom stereocenters. The fourth-order valence-electron chi connectivity index (χ4n) is 5.33. The van der Waals surface area contributed by atoms with E-state index in [2.05, 4.69) is 14.8 Å². The van der Waals surface area contributed by atoms with Crippen LogP contribution in [0.4, 0.5) is 32.0 Å². The molecular weight excluding hydrogens is 558 g/mol. The number of halogens is 6. The summed E-state index contributed by atoms with van der Waals surface area (Å²) in [5, 5.41) is 0.571. The van der Waals surface area contributed by atoms with Crippen LogP contribution >= 0.6 is 0 Å². The number of aromatic nitrogens is 1. The quantitative estimate of drug-likeness (QED) is 0.186. The van der Waals surface area contributed by atoms with Crippen LogP contribution < -0.4 is 10.5 Å². The van der Waals surface area contributed by atoms with E-state index in [1.807, 2.05) is 0 Å². The topological polar surface area (TPSA) is 54.6 Å². The summed E-state index contributed by atoms with van der Waals surface area (Å²) in [7, 11) is 0. The summed E-state index contributed by atoms with van der Waals surface area (Å²) in [6.45, 7) is 5.38. The van der Waals surface area contributed by atoms with E-state index in [0.29, 0.717) is 67.0 Å². The number of alkyl halides is 6. The highest BCUT2D eigenvalue weighted by Crippen LogP contribution is 2.44. The molecule has 1 aliphatic rings. The average molecular weight is 589 g/mol. The largest absolute Gasteiger partial charge is 0.492 e. The third kappa shape index (κ3) is 6.79. The van der Waals surface area contributed by atoms with E-state index < -0.39 is 23.5 Å². The molecule has 0 aliphatic carbocycles. The summed E-state index contributed by atoms with van der Waals surface area (Å²) in [5.41, 5.74) is 6.66. The fraction of sp³-hybridized carbons (Fsp3) is 0.323. The molecule has 1 aliphatic heterocycles. The number of nitrogens with zero attached hydrogens (tertiary/aromatic N) is 3. The third-order valence-electron chi connectivity index (χ3n) is 7.36. The predicted molar refractivity (Wildman–Crippen MR) is 150 cm³/mol. The van der Waals surface area contributed by atoms with Crippen LogP contribution in [0.2, 0.25) is 0 Å². The van der Waals surface area contributed by atoms with Crippen molar-refractivity contribution in [1.29, 1.82) is 0 Å². The molecule has 0 unspecified atom stereocenters. The van der Waals surface area contributed by atoms with Crippen molar-refractivity contribution in [2.75, 3.05) is 45.1 Å². The Kier molecular flexibility index (Phi) is 8.34. The van der Waals surface area contributed by atoms with Gasteiger partial charge in [-0.1, -0.05) is 36.4 Å². The maximum Gasteiger partial charge on any atom is 0.417 e. The van der Waals surface area contributed by atoms with E-state index in [0.717, 1.165) is 12.1 Å². The van der Waals surface area contributed by atoms with Crippen LogP contribution in [0.15, 0.2) is 66.7 Å². The second-order valence-corrected chi connectivity index (χ2v) is 10.4. The second-order valence-electron chi connectivity index (χ2n) is 10.4. The van der Waals surface area contributed by atoms with E-state index >= 15 is 0 Å². The van der Waals surface area contributed by atoms with E-state index in [9.17, 15) is 26.3 Å². The zero-order valence-corrected chi connectivity index (χ0v) is 22.9. The molecule has 2 heterocycles. The van der Waals surface area contributed by atoms with E-state index in [1.54, 1.807) is 43.3 Å². The summed E-state index contributed by atoms with van der Waals surface area (Å²) in [6, 6.07) is 16.3. The van der Waals surface area contributed by atoms with E-state index in [4.69, 9.17) is 10.5 Å². The van der Waals surface area contributed by atoms with Crippen LogP contribution in [0.3, 0.4) is 0 Å². The number of aryl methyl sites for hydroxylation is 1. The summed E-state index contributed by atoms with van der Waals surface area (Å²) in [4.78, 5) is 8.61. The van der Waals surface area contributed by atoms with Crippen molar-refractivity contribution >= 4 is 16.6 Å². The maximum absolute atomic E-state index is 14.3. The standard InChI is InChI=1S/C31H30F6N4O/c1-20-15-25(24-7-2-3-8-28(24)39-20)29-26(31(35,36)37)17-23(18-27(29)38)42-14-13-40-9-11-41(12-10-40)19-21-5-4-6-22(16-21)30(32,33)34/h2-8,15-18H,9-14,19,38H2,1H3. The lowest BCUT2D eigenvalue weighted by Crippen LogP contribution is -2.47. The van der Waals surface area contributed by atoms with Crippen LogP contribution in [0.1, 0.15) is 22.4 Å². The Morgan fingerprint density at radius 1 is 0.833 bits per heavy atom. The van der Waals surface area contributed by atoms with Crippen LogP contribution in [0.5, 0.6) is 5.75 Å². The van der Waals surface area contributed by atoms with Crippen molar-refractivity contribution < 1.29 is 31.1 Å². The molecule has 5 rings (SSSR count). The number of fused-ring (bicyclic) bond motifs is 1. The number of rotatable bonds is 7. The van der Waals surface area contributed by atoms with Crippen LogP contribution in [0.25, 0.3) is 22.0 Å². The molecule has 0 saturated carbocycles. The van der Waals surface area contributed by atoms with Gasteiger partial charge in [0.1, 0.15) is 12.4 Å². The molecule has 3 aromatic carbocycles. The zero-order valence-electron chi connectivity index (χ0n) is 22.9. The van der Waals surface area contributed by atoms with Gasteiger partial charge < -0.3 is 10.5 Å². The van der Waals surface area contributed by atoms with Gasteiger partial charge in [0.2, 0.25) is 0 Å². The maximum atomic E-state index is 14.3. The molecule has 0 amide bonds. The molecule has 5 nitrogen and oxygen atoms in total. The first kappa shape index (κ1) is 29.7. The van der Waals surface area contributed by atoms with Gasteiger partial charge in [0.25, 0.3) is 0 Å². The lowest BCUT2D eigenvalue weighted by Gasteiger charge is -2.34. The van der Waals surface area contributed by atoms with Gasteiger partial charge in [-0.05, 0) is 42.3 Å². The number of benzene rings is 3. The number of hydrogen-bond acceptors (Lipinski definition) is 5. The van der Waals surface area contributed by atoms with Crippen molar-refractivity contribution in [2.45, 2.75) is 25.8 Å². The van der Waals surface area contributed by atoms with Gasteiger partial charge in [0, 0.05) is 67.7 Å². The average Bonchev–Trinajstić information content (AvgIpc) is 2.92. The number of ether oxygens (including phenoxy) is 1. The molecule has 1 aromatic heterocycles. The first-order valence-corrected chi connectivity index (χ1v) is 13.5. The van der Waals surface area contributed by atoms with Crippen molar-refractivity contribution in [3.63, 3.8) is 0 Å². The lowest BCUT2D eigenvalue weighted by molar-refractivity contribution is -0.138. The molecule has 1 saturated heterocycles. The minimum Gasteiger partial charge on any atom is -0.492 e. The summed E-state index contributed by atoms with van der Waals surface area (Å²) >= 11 is 0. The van der Waals surface area contributed by atoms with Crippen molar-refractivity contribution in [1.82, 2.24) is 14.8 Å². The Balaban J connectivity index is 1.23. The number of piperazine rings is 1. The van der Waals surface area contributed by atoms with Gasteiger partial charge >= 0.3 is 12.4 Å². The number of anilines is 1. The Hall–Kier alpha value is -3.83. The normalized spacial score (nSPS) is 15.3. The fourth-order valence-corrected chi connectivity index (χ4v) is 5.33. The molecule has 222 valence electrons. The van der Waals surface area contributed by atoms with Gasteiger partial charge in [-0.25, -0.2) is 0 Å². The number of nitrogen functional groups attached to an aromatic ring is 1. The second kappa shape index (κ2) is 11.8. The highest BCUT2D eigenvalue weighted by Gasteiger charge is 2.36. The number of hydrogen-bond donors (Lipinski definition) is 1. The number of nitrogens with two attached hydrogens (primary N) is 1. The van der Waals surface area contributed by atoms with Crippen LogP contribution in [0, 0.1) is 6.92 Å². The summed E-state index contributed by atoms with van der Waals surface area (Å²) in [5.74, 6) is 0.0295. The smallest absolute Gasteiger partial charge is 0.417 e. The first-order valence-electron chi connectivity index (χ1n) is 13.5. The van der Waals surface area contributed by atoms with E-state index in [-0.39, 0.29) is 23.6 Å². The van der Waals surface area contributed by atoms with E-state index in [1.165, 1.54) is 18.2 Å².